The number of quaternary nitrogens is 1. The molecule has 1 saturated heterocycles. The molecule has 28 aromatic rings. The van der Waals surface area contributed by atoms with Gasteiger partial charge in [0.2, 0.25) is 0 Å². The molecule has 0 N–H and O–H groups in total. The van der Waals surface area contributed by atoms with Gasteiger partial charge in [-0.25, -0.2) is 0 Å². The number of nitrogens with zero attached hydrogens (tertiary/aromatic N) is 1. The van der Waals surface area contributed by atoms with Crippen molar-refractivity contribution in [1.82, 2.24) is 0 Å². The summed E-state index contributed by atoms with van der Waals surface area (Å²) in [6.45, 7) is 2.39. The Balaban J connectivity index is 1.28. The molecule has 0 amide bonds. The molecule has 0 unspecified atom stereocenters. The topological polar surface area (TPSA) is 0 Å². The summed E-state index contributed by atoms with van der Waals surface area (Å²) in [5, 5.41) is 91.7. The van der Waals surface area contributed by atoms with Crippen LogP contribution in [-0.4, -0.2) is 31.7 Å². The highest BCUT2D eigenvalue weighted by atomic mass is 15.4. The third-order valence-electron chi connectivity index (χ3n) is 25.0. The highest BCUT2D eigenvalue weighted by Crippen LogP contribution is 2.85. The SMILES string of the molecule is C[N+]1(C)CC23c4c5c6c7c8c9c(c%10c%11c2c2c4c4c%12c5c5c6c6c8c8c%13c9c9c%10c%10c%11c%11c2c2c4c4c%12c%12c5c5c6c8c6c8c%13c9c9c%10c%10c%11c2c2c4c4c%12c5c6c5c8c9c%10c2c45)C73C1. The van der Waals surface area contributed by atoms with Crippen LogP contribution in [-0.2, 0) is 10.8 Å². The molecule has 33 rings (SSSR count). The van der Waals surface area contributed by atoms with Gasteiger partial charge < -0.3 is 4.48 Å². The molecular formula is C64H10N+. The number of hydrogen-bond donors (Lipinski definition) is 0. The number of likely N-dealkylation sites (N-methyl/N-ethyl adjacent to an activating group) is 1. The van der Waals surface area contributed by atoms with E-state index in [1.807, 2.05) is 22.3 Å². The Kier molecular flexibility index (Phi) is 1.79. The highest BCUT2D eigenvalue weighted by Gasteiger charge is 2.76. The molecule has 1 nitrogen and oxygen atoms in total. The fraction of sp³-hybridized carbons (Fsp3) is 0.0938. The van der Waals surface area contributed by atoms with Gasteiger partial charge in [-0.3, -0.25) is 0 Å². The molecule has 270 valence electrons. The van der Waals surface area contributed by atoms with Gasteiger partial charge >= 0.3 is 0 Å². The number of benzene rings is 18. The highest BCUT2D eigenvalue weighted by molar-refractivity contribution is 6.82. The lowest BCUT2D eigenvalue weighted by molar-refractivity contribution is -0.880. The lowest BCUT2D eigenvalue weighted by Gasteiger charge is -2.47. The summed E-state index contributed by atoms with van der Waals surface area (Å²) in [6, 6.07) is 0. The van der Waals surface area contributed by atoms with Gasteiger partial charge in [0, 0.05) is 0 Å². The van der Waals surface area contributed by atoms with Gasteiger partial charge in [-0.05, 0) is 313 Å². The van der Waals surface area contributed by atoms with Crippen LogP contribution < -0.4 is 0 Å². The van der Waals surface area contributed by atoms with Crippen LogP contribution in [0.5, 0.6) is 0 Å². The van der Waals surface area contributed by atoms with Crippen LogP contribution in [0.25, 0.3) is 291 Å². The van der Waals surface area contributed by atoms with Crippen LogP contribution in [0.4, 0.5) is 0 Å². The van der Waals surface area contributed by atoms with Crippen molar-refractivity contribution >= 4 is 291 Å². The first-order chi connectivity index (χ1) is 32.2. The molecule has 1 aliphatic heterocycles. The van der Waals surface area contributed by atoms with Crippen LogP contribution in [0.2, 0.25) is 0 Å². The Labute approximate surface area is 353 Å². The fourth-order valence-electron chi connectivity index (χ4n) is 25.5. The minimum Gasteiger partial charge on any atom is -0.326 e. The lowest BCUT2D eigenvalue weighted by Crippen LogP contribution is -2.51. The predicted octanol–water partition coefficient (Wildman–Crippen LogP) is 16.4. The lowest BCUT2D eigenvalue weighted by atomic mass is 9.50. The van der Waals surface area contributed by atoms with Gasteiger partial charge in [0.1, 0.15) is 0 Å². The maximum Gasteiger partial charge on any atom is 0.0937 e. The summed E-state index contributed by atoms with van der Waals surface area (Å²) in [5.41, 5.74) is 7.13. The van der Waals surface area contributed by atoms with E-state index < -0.39 is 0 Å². The van der Waals surface area contributed by atoms with Gasteiger partial charge in [0.15, 0.2) is 0 Å². The van der Waals surface area contributed by atoms with Crippen LogP contribution in [0.15, 0.2) is 0 Å². The monoisotopic (exact) mass is 792 g/mol. The average molecular weight is 793 g/mol. The second kappa shape index (κ2) is 4.99. The fourth-order valence-corrected chi connectivity index (χ4v) is 25.5. The molecule has 1 heteroatoms. The van der Waals surface area contributed by atoms with Crippen LogP contribution in [0.1, 0.15) is 22.3 Å². The summed E-state index contributed by atoms with van der Waals surface area (Å²) in [4.78, 5) is 0. The van der Waals surface area contributed by atoms with E-state index in [9.17, 15) is 0 Å². The molecule has 0 bridgehead atoms. The quantitative estimate of drug-likeness (QED) is 0.106. The summed E-state index contributed by atoms with van der Waals surface area (Å²) in [5.74, 6) is 0. The van der Waals surface area contributed by atoms with E-state index >= 15 is 0 Å². The average Bonchev–Trinajstić information content (AvgIpc) is 4.12. The predicted molar refractivity (Wildman–Crippen MR) is 276 cm³/mol. The van der Waals surface area contributed by atoms with E-state index in [2.05, 4.69) is 14.1 Å². The van der Waals surface area contributed by atoms with Gasteiger partial charge in [0.05, 0.1) is 38.0 Å². The van der Waals surface area contributed by atoms with Gasteiger partial charge in [0.25, 0.3) is 0 Å². The molecule has 65 heavy (non-hydrogen) atoms. The molecule has 0 saturated carbocycles. The Morgan fingerprint density at radius 1 is 0.169 bits per heavy atom. The Morgan fingerprint density at radius 2 is 0.262 bits per heavy atom. The van der Waals surface area contributed by atoms with E-state index in [4.69, 9.17) is 0 Å². The number of rotatable bonds is 0. The van der Waals surface area contributed by atoms with Crippen molar-refractivity contribution in [2.45, 2.75) is 10.8 Å². The van der Waals surface area contributed by atoms with Crippen LogP contribution in [0.3, 0.4) is 0 Å². The molecule has 0 aromatic heterocycles. The second-order valence-electron chi connectivity index (χ2n) is 25.8. The summed E-state index contributed by atoms with van der Waals surface area (Å²) >= 11 is 0. The van der Waals surface area contributed by atoms with Gasteiger partial charge in [-0.2, -0.15) is 0 Å². The van der Waals surface area contributed by atoms with E-state index in [1.165, 1.54) is 13.1 Å². The van der Waals surface area contributed by atoms with Crippen molar-refractivity contribution in [2.24, 2.45) is 0 Å². The summed E-state index contributed by atoms with van der Waals surface area (Å²) < 4.78 is 1.08. The number of hydrogen-bond acceptors (Lipinski definition) is 0. The molecule has 1 fully saturated rings. The smallest absolute Gasteiger partial charge is 0.0937 e. The third kappa shape index (κ3) is 1.17. The standard InChI is InChI=1S/C64H10N/c1-65(2)3-63-59-51-43-33-23-15-7-5-6-9-13-11(7)19-27-21(13)31-25-17(9)18-10(6)14-12-8(5)16(15)24-30-20(12)28-22(14)32-26(18)36-35(25)45-39(31)49-41(27)47(37(43)29(19)23)55(59)57(49)61-53(45)54-46(36)40(32)50-42(28)48-38(30)44(34(24)33)52(51)60(63)56(48)58(50)62(54)64(61,63)4-65/h3-4H2,1-2H3/q+1. The molecular weight excluding hydrogens is 783 g/mol. The maximum atomic E-state index is 2.66. The zero-order valence-corrected chi connectivity index (χ0v) is 33.9. The van der Waals surface area contributed by atoms with Crippen molar-refractivity contribution in [2.75, 3.05) is 27.2 Å². The molecule has 2 spiro atoms. The molecule has 0 atom stereocenters. The van der Waals surface area contributed by atoms with Crippen molar-refractivity contribution in [3.8, 4) is 0 Å². The third-order valence-corrected chi connectivity index (χ3v) is 25.0. The largest absolute Gasteiger partial charge is 0.326 e. The number of likely N-dealkylation sites (tertiary alicyclic amines) is 1. The molecule has 0 radical (unpaired) electrons. The molecule has 1 heterocycles. The van der Waals surface area contributed by atoms with Gasteiger partial charge in [-0.15, -0.1) is 0 Å². The van der Waals surface area contributed by atoms with Crippen molar-refractivity contribution in [1.29, 1.82) is 0 Å². The first kappa shape index (κ1) is 23.4. The van der Waals surface area contributed by atoms with E-state index in [-0.39, 0.29) is 10.8 Å². The van der Waals surface area contributed by atoms with E-state index in [1.54, 1.807) is 291 Å². The van der Waals surface area contributed by atoms with E-state index in [0.29, 0.717) is 0 Å². The van der Waals surface area contributed by atoms with Crippen molar-refractivity contribution in [3.63, 3.8) is 0 Å². The second-order valence-corrected chi connectivity index (χ2v) is 25.8. The van der Waals surface area contributed by atoms with Crippen molar-refractivity contribution in [3.05, 3.63) is 22.3 Å². The summed E-state index contributed by atoms with van der Waals surface area (Å²) in [6.07, 6.45) is 0. The van der Waals surface area contributed by atoms with Crippen molar-refractivity contribution < 1.29 is 4.48 Å². The first-order valence-electron chi connectivity index (χ1n) is 24.7. The molecule has 4 aliphatic carbocycles. The Hall–Kier alpha value is -7.58. The van der Waals surface area contributed by atoms with Crippen LogP contribution >= 0.6 is 0 Å². The Bertz CT molecular complexity index is 6440. The van der Waals surface area contributed by atoms with E-state index in [0.717, 1.165) is 4.48 Å². The summed E-state index contributed by atoms with van der Waals surface area (Å²) in [7, 11) is 5.32. The zero-order chi connectivity index (χ0) is 38.4. The first-order valence-corrected chi connectivity index (χ1v) is 24.7. The normalized spacial score (nSPS) is 24.3. The molecule has 5 aliphatic rings. The minimum atomic E-state index is -0.0954. The minimum absolute atomic E-state index is 0.0954. The maximum absolute atomic E-state index is 2.66. The van der Waals surface area contributed by atoms with Crippen LogP contribution in [0, 0.1) is 0 Å². The Morgan fingerprint density at radius 3 is 0.369 bits per heavy atom. The zero-order valence-electron chi connectivity index (χ0n) is 33.9. The van der Waals surface area contributed by atoms with Gasteiger partial charge in [-0.1, -0.05) is 0 Å². The molecule has 28 aromatic carbocycles.